The van der Waals surface area contributed by atoms with Crippen LogP contribution >= 0.6 is 0 Å². The lowest BCUT2D eigenvalue weighted by Gasteiger charge is -2.34. The summed E-state index contributed by atoms with van der Waals surface area (Å²) in [5.41, 5.74) is 3.13. The van der Waals surface area contributed by atoms with E-state index >= 15 is 0 Å². The van der Waals surface area contributed by atoms with Crippen molar-refractivity contribution in [2.45, 2.75) is 72.0 Å². The lowest BCUT2D eigenvalue weighted by atomic mass is 10.00. The van der Waals surface area contributed by atoms with Crippen LogP contribution in [0.2, 0.25) is 0 Å². The van der Waals surface area contributed by atoms with Crippen molar-refractivity contribution < 1.29 is 22.4 Å². The summed E-state index contributed by atoms with van der Waals surface area (Å²) in [6.07, 6.45) is 1.56. The number of halogens is 1. The first-order valence-electron chi connectivity index (χ1n) is 14.1. The Morgan fingerprint density at radius 1 is 0.929 bits per heavy atom. The average Bonchev–Trinajstić information content (AvgIpc) is 2.90. The molecule has 2 amide bonds. The number of sulfonamides is 1. The van der Waals surface area contributed by atoms with Gasteiger partial charge in [0, 0.05) is 37.0 Å². The highest BCUT2D eigenvalue weighted by molar-refractivity contribution is 7.92. The monoisotopic (exact) mass is 595 g/mol. The standard InChI is InChI=1S/C33H42FN3O4S/c1-24-18-19-28(21-25(24)2)37(42(6,40)41)20-12-17-31(38)36(23-27-15-10-11-16-29(27)34)30(32(39)35-33(3,4)5)22-26-13-8-7-9-14-26/h7-11,13-16,18-19,21,30H,12,17,20,22-23H2,1-6H3,(H,35,39)/t30-/m0/s1. The van der Waals surface area contributed by atoms with Crippen molar-refractivity contribution in [3.05, 3.63) is 101 Å². The van der Waals surface area contributed by atoms with Gasteiger partial charge in [-0.3, -0.25) is 13.9 Å². The molecular formula is C33H42FN3O4S. The number of benzene rings is 3. The van der Waals surface area contributed by atoms with Gasteiger partial charge in [-0.25, -0.2) is 12.8 Å². The summed E-state index contributed by atoms with van der Waals surface area (Å²) < 4.78 is 41.5. The maximum Gasteiger partial charge on any atom is 0.243 e. The van der Waals surface area contributed by atoms with E-state index in [1.807, 2.05) is 77.1 Å². The van der Waals surface area contributed by atoms with Gasteiger partial charge in [0.05, 0.1) is 11.9 Å². The van der Waals surface area contributed by atoms with Crippen LogP contribution in [0.5, 0.6) is 0 Å². The maximum absolute atomic E-state index is 14.8. The Hall–Kier alpha value is -3.72. The Morgan fingerprint density at radius 2 is 1.57 bits per heavy atom. The quantitative estimate of drug-likeness (QED) is 0.298. The van der Waals surface area contributed by atoms with Gasteiger partial charge in [0.1, 0.15) is 11.9 Å². The molecule has 7 nitrogen and oxygen atoms in total. The van der Waals surface area contributed by atoms with E-state index in [0.29, 0.717) is 11.3 Å². The summed E-state index contributed by atoms with van der Waals surface area (Å²) in [4.78, 5) is 29.0. The van der Waals surface area contributed by atoms with Crippen LogP contribution in [0.15, 0.2) is 72.8 Å². The van der Waals surface area contributed by atoms with E-state index in [1.165, 1.54) is 15.3 Å². The molecule has 3 aromatic carbocycles. The number of carbonyl (C=O) groups is 2. The zero-order valence-corrected chi connectivity index (χ0v) is 26.2. The molecule has 0 aliphatic heterocycles. The molecule has 0 bridgehead atoms. The van der Waals surface area contributed by atoms with E-state index in [1.54, 1.807) is 24.3 Å². The Labute approximate surface area is 249 Å². The first-order chi connectivity index (χ1) is 19.7. The van der Waals surface area contributed by atoms with Crippen LogP contribution in [-0.4, -0.2) is 49.5 Å². The van der Waals surface area contributed by atoms with Crippen molar-refractivity contribution in [3.8, 4) is 0 Å². The van der Waals surface area contributed by atoms with E-state index < -0.39 is 27.4 Å². The van der Waals surface area contributed by atoms with Crippen molar-refractivity contribution in [3.63, 3.8) is 0 Å². The molecule has 0 saturated heterocycles. The van der Waals surface area contributed by atoms with Gasteiger partial charge in [-0.05, 0) is 75.9 Å². The number of nitrogens with zero attached hydrogens (tertiary/aromatic N) is 2. The smallest absolute Gasteiger partial charge is 0.243 e. The van der Waals surface area contributed by atoms with E-state index in [0.717, 1.165) is 22.9 Å². The van der Waals surface area contributed by atoms with Gasteiger partial charge in [-0.1, -0.05) is 54.6 Å². The van der Waals surface area contributed by atoms with E-state index in [4.69, 9.17) is 0 Å². The summed E-state index contributed by atoms with van der Waals surface area (Å²) in [6.45, 7) is 9.43. The first-order valence-corrected chi connectivity index (χ1v) is 15.9. The molecule has 0 heterocycles. The van der Waals surface area contributed by atoms with Crippen molar-refractivity contribution in [2.75, 3.05) is 17.1 Å². The van der Waals surface area contributed by atoms with E-state index in [2.05, 4.69) is 5.32 Å². The Balaban J connectivity index is 1.92. The molecular weight excluding hydrogens is 553 g/mol. The predicted molar refractivity (Wildman–Crippen MR) is 166 cm³/mol. The minimum absolute atomic E-state index is 0.0284. The molecule has 0 aliphatic carbocycles. The number of hydrogen-bond donors (Lipinski definition) is 1. The minimum Gasteiger partial charge on any atom is -0.350 e. The Kier molecular flexibility index (Phi) is 10.9. The summed E-state index contributed by atoms with van der Waals surface area (Å²) in [5, 5.41) is 2.99. The number of nitrogens with one attached hydrogen (secondary N) is 1. The number of anilines is 1. The molecule has 1 N–H and O–H groups in total. The summed E-state index contributed by atoms with van der Waals surface area (Å²) in [7, 11) is -3.62. The average molecular weight is 596 g/mol. The normalized spacial score (nSPS) is 12.5. The van der Waals surface area contributed by atoms with E-state index in [-0.39, 0.29) is 44.2 Å². The van der Waals surface area contributed by atoms with Crippen molar-refractivity contribution in [1.82, 2.24) is 10.2 Å². The van der Waals surface area contributed by atoms with Crippen LogP contribution in [0, 0.1) is 19.7 Å². The maximum atomic E-state index is 14.8. The van der Waals surface area contributed by atoms with Crippen LogP contribution in [-0.2, 0) is 32.6 Å². The molecule has 0 spiro atoms. The van der Waals surface area contributed by atoms with Gasteiger partial charge in [0.25, 0.3) is 0 Å². The molecule has 3 aromatic rings. The molecule has 0 fully saturated rings. The third kappa shape index (κ3) is 9.41. The number of rotatable bonds is 12. The molecule has 226 valence electrons. The largest absolute Gasteiger partial charge is 0.350 e. The van der Waals surface area contributed by atoms with Gasteiger partial charge in [0.15, 0.2) is 0 Å². The molecule has 42 heavy (non-hydrogen) atoms. The van der Waals surface area contributed by atoms with Crippen LogP contribution < -0.4 is 9.62 Å². The minimum atomic E-state index is -3.62. The number of hydrogen-bond acceptors (Lipinski definition) is 4. The SMILES string of the molecule is Cc1ccc(N(CCCC(=O)N(Cc2ccccc2F)[C@@H](Cc2ccccc2)C(=O)NC(C)(C)C)S(C)(=O)=O)cc1C. The fraction of sp³-hybridized carbons (Fsp3) is 0.394. The van der Waals surface area contributed by atoms with Crippen LogP contribution in [0.25, 0.3) is 0 Å². The van der Waals surface area contributed by atoms with Crippen LogP contribution in [0.4, 0.5) is 10.1 Å². The third-order valence-electron chi connectivity index (χ3n) is 7.00. The molecule has 0 radical (unpaired) electrons. The molecule has 0 saturated carbocycles. The van der Waals surface area contributed by atoms with E-state index in [9.17, 15) is 22.4 Å². The highest BCUT2D eigenvalue weighted by atomic mass is 32.2. The fourth-order valence-electron chi connectivity index (χ4n) is 4.70. The Morgan fingerprint density at radius 3 is 2.17 bits per heavy atom. The lowest BCUT2D eigenvalue weighted by molar-refractivity contribution is -0.142. The number of aryl methyl sites for hydroxylation is 2. The predicted octanol–water partition coefficient (Wildman–Crippen LogP) is 5.54. The number of carbonyl (C=O) groups excluding carboxylic acids is 2. The Bertz CT molecular complexity index is 1490. The number of amides is 2. The summed E-state index contributed by atoms with van der Waals surface area (Å²) in [5.74, 6) is -1.18. The van der Waals surface area contributed by atoms with Crippen LogP contribution in [0.1, 0.15) is 55.9 Å². The highest BCUT2D eigenvalue weighted by Gasteiger charge is 2.32. The molecule has 3 rings (SSSR count). The van der Waals surface area contributed by atoms with Gasteiger partial charge in [-0.2, -0.15) is 0 Å². The van der Waals surface area contributed by atoms with Crippen molar-refractivity contribution in [2.24, 2.45) is 0 Å². The van der Waals surface area contributed by atoms with Gasteiger partial charge < -0.3 is 10.2 Å². The van der Waals surface area contributed by atoms with Crippen LogP contribution in [0.3, 0.4) is 0 Å². The molecule has 0 aliphatic rings. The summed E-state index contributed by atoms with van der Waals surface area (Å²) in [6, 6.07) is 20.1. The fourth-order valence-corrected chi connectivity index (χ4v) is 5.66. The third-order valence-corrected chi connectivity index (χ3v) is 8.19. The van der Waals surface area contributed by atoms with Gasteiger partial charge >= 0.3 is 0 Å². The lowest BCUT2D eigenvalue weighted by Crippen LogP contribution is -2.54. The second kappa shape index (κ2) is 14.0. The second-order valence-electron chi connectivity index (χ2n) is 11.8. The highest BCUT2D eigenvalue weighted by Crippen LogP contribution is 2.23. The molecule has 0 unspecified atom stereocenters. The first kappa shape index (κ1) is 32.8. The topological polar surface area (TPSA) is 86.8 Å². The zero-order chi connectivity index (χ0) is 31.1. The summed E-state index contributed by atoms with van der Waals surface area (Å²) >= 11 is 0. The molecule has 9 heteroatoms. The van der Waals surface area contributed by atoms with Crippen molar-refractivity contribution >= 4 is 27.5 Å². The second-order valence-corrected chi connectivity index (χ2v) is 13.7. The molecule has 0 aromatic heterocycles. The zero-order valence-electron chi connectivity index (χ0n) is 25.4. The van der Waals surface area contributed by atoms with Crippen molar-refractivity contribution in [1.29, 1.82) is 0 Å². The van der Waals surface area contributed by atoms with Gasteiger partial charge in [-0.15, -0.1) is 0 Å². The molecule has 1 atom stereocenters. The van der Waals surface area contributed by atoms with Gasteiger partial charge in [0.2, 0.25) is 21.8 Å².